The number of esters is 3. The van der Waals surface area contributed by atoms with Gasteiger partial charge in [-0.05, 0) is 57.8 Å². The number of carbonyl (C=O) groups is 3. The highest BCUT2D eigenvalue weighted by Gasteiger charge is 2.19. The van der Waals surface area contributed by atoms with Gasteiger partial charge in [-0.1, -0.05) is 326 Å². The highest BCUT2D eigenvalue weighted by atomic mass is 16.6. The van der Waals surface area contributed by atoms with Crippen molar-refractivity contribution in [2.45, 2.75) is 348 Å². The Morgan fingerprint density at radius 2 is 0.520 bits per heavy atom. The van der Waals surface area contributed by atoms with Gasteiger partial charge in [0.15, 0.2) is 6.10 Å². The van der Waals surface area contributed by atoms with Crippen LogP contribution in [0.25, 0.3) is 0 Å². The number of ether oxygens (including phenoxy) is 3. The standard InChI is InChI=1S/C69H124O6/c1-4-7-10-13-16-19-22-25-28-31-33-34-36-38-41-44-47-50-53-56-59-62-68(71)74-65-66(64-73-67(70)61-58-55-52-49-46-43-40-37-30-27-24-21-18-15-12-9-6-3)75-69(72)63-60-57-54-51-48-45-42-39-35-32-29-26-23-20-17-14-11-8-5-2/h9,12,18,21,27,30,40,43,49,52,66H,4-8,10-11,13-17,19-20,22-26,28-29,31-39,41-42,44-48,50-51,53-65H2,1-3H3/b12-9-,21-18-,30-27-,43-40-,52-49-. The molecule has 436 valence electrons. The fraction of sp³-hybridized carbons (Fsp3) is 0.812. The summed E-state index contributed by atoms with van der Waals surface area (Å²) in [5, 5.41) is 0. The van der Waals surface area contributed by atoms with Crippen LogP contribution in [0.4, 0.5) is 0 Å². The van der Waals surface area contributed by atoms with Crippen LogP contribution in [0.15, 0.2) is 60.8 Å². The summed E-state index contributed by atoms with van der Waals surface area (Å²) in [4.78, 5) is 38.3. The van der Waals surface area contributed by atoms with E-state index in [4.69, 9.17) is 14.2 Å². The zero-order valence-electron chi connectivity index (χ0n) is 50.1. The summed E-state index contributed by atoms with van der Waals surface area (Å²) >= 11 is 0. The van der Waals surface area contributed by atoms with E-state index in [1.54, 1.807) is 0 Å². The predicted molar refractivity (Wildman–Crippen MR) is 325 cm³/mol. The quantitative estimate of drug-likeness (QED) is 0.0261. The van der Waals surface area contributed by atoms with E-state index < -0.39 is 6.10 Å². The summed E-state index contributed by atoms with van der Waals surface area (Å²) in [6.45, 7) is 6.54. The van der Waals surface area contributed by atoms with Gasteiger partial charge in [-0.25, -0.2) is 0 Å². The van der Waals surface area contributed by atoms with Gasteiger partial charge < -0.3 is 14.2 Å². The second-order valence-corrected chi connectivity index (χ2v) is 22.0. The van der Waals surface area contributed by atoms with Crippen LogP contribution in [0.3, 0.4) is 0 Å². The van der Waals surface area contributed by atoms with Crippen LogP contribution in [-0.2, 0) is 28.6 Å². The zero-order chi connectivity index (χ0) is 54.3. The molecule has 0 spiro atoms. The summed E-state index contributed by atoms with van der Waals surface area (Å²) in [5.41, 5.74) is 0. The fourth-order valence-corrected chi connectivity index (χ4v) is 9.66. The average Bonchev–Trinajstić information content (AvgIpc) is 3.41. The number of rotatable bonds is 60. The minimum absolute atomic E-state index is 0.0870. The number of hydrogen-bond donors (Lipinski definition) is 0. The van der Waals surface area contributed by atoms with E-state index in [1.807, 2.05) is 0 Å². The van der Waals surface area contributed by atoms with Crippen molar-refractivity contribution in [2.24, 2.45) is 0 Å². The molecule has 0 radical (unpaired) electrons. The molecule has 0 saturated carbocycles. The molecular formula is C69H124O6. The minimum Gasteiger partial charge on any atom is -0.462 e. The Morgan fingerprint density at radius 1 is 0.280 bits per heavy atom. The SMILES string of the molecule is CC/C=C\C/C=C\C/C=C\C/C=C\C/C=C\CCCC(=O)OCC(COC(=O)CCCCCCCCCCCCCCCCCCCCCCC)OC(=O)CCCCCCCCCCCCCCCCCCCCC. The molecular weight excluding hydrogens is 925 g/mol. The number of hydrogen-bond acceptors (Lipinski definition) is 6. The molecule has 6 nitrogen and oxygen atoms in total. The number of allylic oxidation sites excluding steroid dienone is 10. The topological polar surface area (TPSA) is 78.9 Å². The summed E-state index contributed by atoms with van der Waals surface area (Å²) in [7, 11) is 0. The normalized spacial score (nSPS) is 12.4. The van der Waals surface area contributed by atoms with Gasteiger partial charge in [0.25, 0.3) is 0 Å². The van der Waals surface area contributed by atoms with Crippen molar-refractivity contribution in [1.29, 1.82) is 0 Å². The molecule has 0 rings (SSSR count). The predicted octanol–water partition coefficient (Wildman–Crippen LogP) is 22.3. The molecule has 0 bridgehead atoms. The maximum Gasteiger partial charge on any atom is 0.306 e. The average molecular weight is 1050 g/mol. The van der Waals surface area contributed by atoms with Crippen LogP contribution in [0.1, 0.15) is 342 Å². The molecule has 0 heterocycles. The van der Waals surface area contributed by atoms with E-state index in [0.717, 1.165) is 77.0 Å². The monoisotopic (exact) mass is 1050 g/mol. The van der Waals surface area contributed by atoms with Gasteiger partial charge in [0.05, 0.1) is 0 Å². The molecule has 0 N–H and O–H groups in total. The summed E-state index contributed by atoms with van der Waals surface area (Å²) in [6.07, 6.45) is 81.0. The molecule has 0 aliphatic heterocycles. The van der Waals surface area contributed by atoms with Gasteiger partial charge in [0.2, 0.25) is 0 Å². The maximum atomic E-state index is 12.9. The van der Waals surface area contributed by atoms with Gasteiger partial charge >= 0.3 is 17.9 Å². The molecule has 0 aliphatic carbocycles. The molecule has 0 fully saturated rings. The smallest absolute Gasteiger partial charge is 0.306 e. The Labute approximate surface area is 466 Å². The molecule has 1 unspecified atom stereocenters. The molecule has 1 atom stereocenters. The lowest BCUT2D eigenvalue weighted by atomic mass is 10.0. The van der Waals surface area contributed by atoms with Crippen molar-refractivity contribution in [2.75, 3.05) is 13.2 Å². The highest BCUT2D eigenvalue weighted by molar-refractivity contribution is 5.71. The van der Waals surface area contributed by atoms with Gasteiger partial charge in [-0.15, -0.1) is 0 Å². The van der Waals surface area contributed by atoms with Crippen LogP contribution >= 0.6 is 0 Å². The first-order valence-electron chi connectivity index (χ1n) is 32.8. The Morgan fingerprint density at radius 3 is 0.813 bits per heavy atom. The van der Waals surface area contributed by atoms with E-state index >= 15 is 0 Å². The van der Waals surface area contributed by atoms with Crippen molar-refractivity contribution in [3.63, 3.8) is 0 Å². The van der Waals surface area contributed by atoms with Crippen LogP contribution in [-0.4, -0.2) is 37.2 Å². The van der Waals surface area contributed by atoms with Gasteiger partial charge in [0.1, 0.15) is 13.2 Å². The molecule has 0 saturated heterocycles. The molecule has 75 heavy (non-hydrogen) atoms. The first-order valence-corrected chi connectivity index (χ1v) is 32.8. The lowest BCUT2D eigenvalue weighted by Crippen LogP contribution is -2.30. The fourth-order valence-electron chi connectivity index (χ4n) is 9.66. The molecule has 0 aromatic carbocycles. The molecule has 6 heteroatoms. The van der Waals surface area contributed by atoms with Crippen LogP contribution < -0.4 is 0 Å². The Kier molecular flexibility index (Phi) is 61.2. The van der Waals surface area contributed by atoms with Crippen molar-refractivity contribution >= 4 is 17.9 Å². The molecule has 0 aromatic rings. The lowest BCUT2D eigenvalue weighted by molar-refractivity contribution is -0.167. The van der Waals surface area contributed by atoms with E-state index in [-0.39, 0.29) is 37.5 Å². The Bertz CT molecular complexity index is 1340. The summed E-state index contributed by atoms with van der Waals surface area (Å²) < 4.78 is 16.9. The minimum atomic E-state index is -0.795. The van der Waals surface area contributed by atoms with Crippen molar-refractivity contribution in [3.8, 4) is 0 Å². The lowest BCUT2D eigenvalue weighted by Gasteiger charge is -2.18. The van der Waals surface area contributed by atoms with Crippen molar-refractivity contribution in [1.82, 2.24) is 0 Å². The van der Waals surface area contributed by atoms with E-state index in [1.165, 1.54) is 218 Å². The van der Waals surface area contributed by atoms with Gasteiger partial charge in [0, 0.05) is 19.3 Å². The molecule has 0 aromatic heterocycles. The van der Waals surface area contributed by atoms with E-state index in [2.05, 4.69) is 81.5 Å². The van der Waals surface area contributed by atoms with Gasteiger partial charge in [-0.3, -0.25) is 14.4 Å². The van der Waals surface area contributed by atoms with Gasteiger partial charge in [-0.2, -0.15) is 0 Å². The molecule has 0 aliphatic rings. The zero-order valence-corrected chi connectivity index (χ0v) is 50.1. The van der Waals surface area contributed by atoms with Crippen molar-refractivity contribution in [3.05, 3.63) is 60.8 Å². The van der Waals surface area contributed by atoms with Crippen LogP contribution in [0.5, 0.6) is 0 Å². The summed E-state index contributed by atoms with van der Waals surface area (Å²) in [6, 6.07) is 0. The third-order valence-electron chi connectivity index (χ3n) is 14.5. The third-order valence-corrected chi connectivity index (χ3v) is 14.5. The second-order valence-electron chi connectivity index (χ2n) is 22.0. The number of unbranched alkanes of at least 4 members (excludes halogenated alkanes) is 39. The van der Waals surface area contributed by atoms with Crippen molar-refractivity contribution < 1.29 is 28.6 Å². The van der Waals surface area contributed by atoms with Crippen LogP contribution in [0, 0.1) is 0 Å². The molecule has 0 amide bonds. The Balaban J connectivity index is 4.38. The largest absolute Gasteiger partial charge is 0.462 e. The highest BCUT2D eigenvalue weighted by Crippen LogP contribution is 2.18. The summed E-state index contributed by atoms with van der Waals surface area (Å²) in [5.74, 6) is -0.925. The maximum absolute atomic E-state index is 12.9. The third kappa shape index (κ3) is 61.8. The first kappa shape index (κ1) is 72.1. The van der Waals surface area contributed by atoms with E-state index in [0.29, 0.717) is 19.3 Å². The Hall–Kier alpha value is -2.89. The second kappa shape index (κ2) is 63.6. The van der Waals surface area contributed by atoms with E-state index in [9.17, 15) is 14.4 Å². The first-order chi connectivity index (χ1) is 37.0. The number of carbonyl (C=O) groups excluding carboxylic acids is 3. The van der Waals surface area contributed by atoms with Crippen LogP contribution in [0.2, 0.25) is 0 Å².